The fraction of sp³-hybridized carbons (Fsp3) is 0.800. The zero-order valence-electron chi connectivity index (χ0n) is 11.3. The molecule has 1 aromatic heterocycles. The predicted molar refractivity (Wildman–Crippen MR) is 71.0 cm³/mol. The van der Waals surface area contributed by atoms with E-state index in [0.717, 1.165) is 17.5 Å². The van der Waals surface area contributed by atoms with Crippen molar-refractivity contribution in [2.45, 2.75) is 51.0 Å². The molecule has 0 amide bonds. The maximum Gasteiger partial charge on any atom is 0.0984 e. The number of fused-ring (bicyclic) bond motifs is 1. The summed E-state index contributed by atoms with van der Waals surface area (Å²) in [6.07, 6.45) is 10.8. The summed E-state index contributed by atoms with van der Waals surface area (Å²) in [5.74, 6) is 2.27. The highest BCUT2D eigenvalue weighted by atomic mass is 16.3. The van der Waals surface area contributed by atoms with E-state index < -0.39 is 0 Å². The quantitative estimate of drug-likeness (QED) is 0.873. The van der Waals surface area contributed by atoms with Crippen LogP contribution in [0.15, 0.2) is 12.3 Å². The minimum absolute atomic E-state index is 0.319. The van der Waals surface area contributed by atoms with Crippen LogP contribution >= 0.6 is 0 Å². The van der Waals surface area contributed by atoms with Crippen molar-refractivity contribution in [3.63, 3.8) is 0 Å². The number of nitrogens with zero attached hydrogens (tertiary/aromatic N) is 2. The molecule has 1 heterocycles. The van der Waals surface area contributed by atoms with Crippen molar-refractivity contribution in [2.75, 3.05) is 0 Å². The van der Waals surface area contributed by atoms with Gasteiger partial charge in [0.15, 0.2) is 0 Å². The number of aliphatic hydroxyl groups is 1. The van der Waals surface area contributed by atoms with Crippen LogP contribution in [0.5, 0.6) is 0 Å². The molecule has 0 spiro atoms. The van der Waals surface area contributed by atoms with Gasteiger partial charge in [-0.05, 0) is 43.1 Å². The zero-order valence-corrected chi connectivity index (χ0v) is 11.3. The highest BCUT2D eigenvalue weighted by Crippen LogP contribution is 2.45. The molecular formula is C15H24N2O. The van der Waals surface area contributed by atoms with Gasteiger partial charge in [-0.25, -0.2) is 0 Å². The summed E-state index contributed by atoms with van der Waals surface area (Å²) in [5, 5.41) is 14.7. The first kappa shape index (κ1) is 12.2. The molecule has 100 valence electrons. The maximum absolute atomic E-state index is 10.5. The first-order valence-corrected chi connectivity index (χ1v) is 7.41. The van der Waals surface area contributed by atoms with Gasteiger partial charge >= 0.3 is 0 Å². The van der Waals surface area contributed by atoms with Gasteiger partial charge in [0.25, 0.3) is 0 Å². The van der Waals surface area contributed by atoms with Gasteiger partial charge in [0.1, 0.15) is 0 Å². The molecular weight excluding hydrogens is 224 g/mol. The van der Waals surface area contributed by atoms with Crippen LogP contribution in [0, 0.1) is 17.8 Å². The van der Waals surface area contributed by atoms with E-state index in [9.17, 15) is 5.11 Å². The van der Waals surface area contributed by atoms with Crippen molar-refractivity contribution in [3.05, 3.63) is 18.0 Å². The molecule has 3 rings (SSSR count). The van der Waals surface area contributed by atoms with Crippen molar-refractivity contribution in [1.29, 1.82) is 0 Å². The second-order valence-corrected chi connectivity index (χ2v) is 6.20. The summed E-state index contributed by atoms with van der Waals surface area (Å²) in [6, 6.07) is 1.96. The van der Waals surface area contributed by atoms with Crippen molar-refractivity contribution in [3.8, 4) is 0 Å². The van der Waals surface area contributed by atoms with Crippen LogP contribution in [0.25, 0.3) is 0 Å². The number of hydrogen-bond donors (Lipinski definition) is 1. The Labute approximate surface area is 109 Å². The minimum Gasteiger partial charge on any atom is -0.387 e. The Morgan fingerprint density at radius 1 is 1.22 bits per heavy atom. The maximum atomic E-state index is 10.5. The lowest BCUT2D eigenvalue weighted by molar-refractivity contribution is 0.0305. The van der Waals surface area contributed by atoms with E-state index in [0.29, 0.717) is 5.92 Å². The Morgan fingerprint density at radius 2 is 2.00 bits per heavy atom. The Bertz CT molecular complexity index is 401. The van der Waals surface area contributed by atoms with E-state index in [-0.39, 0.29) is 6.10 Å². The highest BCUT2D eigenvalue weighted by molar-refractivity contribution is 5.06. The lowest BCUT2D eigenvalue weighted by Gasteiger charge is -2.40. The first-order chi connectivity index (χ1) is 8.75. The molecule has 0 aliphatic heterocycles. The fourth-order valence-electron chi connectivity index (χ4n) is 4.11. The monoisotopic (exact) mass is 248 g/mol. The van der Waals surface area contributed by atoms with E-state index >= 15 is 0 Å². The van der Waals surface area contributed by atoms with Crippen molar-refractivity contribution in [1.82, 2.24) is 9.78 Å². The molecule has 3 heteroatoms. The Kier molecular flexibility index (Phi) is 3.42. The largest absolute Gasteiger partial charge is 0.387 e. The molecule has 4 unspecified atom stereocenters. The van der Waals surface area contributed by atoms with E-state index in [1.807, 2.05) is 17.8 Å². The van der Waals surface area contributed by atoms with E-state index in [1.165, 1.54) is 44.9 Å². The SMILES string of the molecule is Cn1nccc1C(O)C1CCC2CCCCC2C1. The van der Waals surface area contributed by atoms with Crippen LogP contribution in [0.2, 0.25) is 0 Å². The van der Waals surface area contributed by atoms with E-state index in [1.54, 1.807) is 6.20 Å². The number of aryl methyl sites for hydroxylation is 1. The number of aromatic nitrogens is 2. The second-order valence-electron chi connectivity index (χ2n) is 6.20. The van der Waals surface area contributed by atoms with Crippen LogP contribution < -0.4 is 0 Å². The number of rotatable bonds is 2. The topological polar surface area (TPSA) is 38.0 Å². The Balaban J connectivity index is 1.68. The Hall–Kier alpha value is -0.830. The molecule has 2 aliphatic carbocycles. The molecule has 18 heavy (non-hydrogen) atoms. The molecule has 0 saturated heterocycles. The fourth-order valence-corrected chi connectivity index (χ4v) is 4.11. The third-order valence-electron chi connectivity index (χ3n) is 5.19. The molecule has 2 saturated carbocycles. The normalized spacial score (nSPS) is 34.0. The predicted octanol–water partition coefficient (Wildman–Crippen LogP) is 3.06. The van der Waals surface area contributed by atoms with Gasteiger partial charge in [-0.15, -0.1) is 0 Å². The summed E-state index contributed by atoms with van der Waals surface area (Å²) in [7, 11) is 1.92. The average Bonchev–Trinajstić information content (AvgIpc) is 2.83. The van der Waals surface area contributed by atoms with E-state index in [2.05, 4.69) is 5.10 Å². The van der Waals surface area contributed by atoms with Gasteiger partial charge in [-0.1, -0.05) is 25.7 Å². The van der Waals surface area contributed by atoms with Crippen molar-refractivity contribution >= 4 is 0 Å². The summed E-state index contributed by atoms with van der Waals surface area (Å²) >= 11 is 0. The summed E-state index contributed by atoms with van der Waals surface area (Å²) in [6.45, 7) is 0. The lowest BCUT2D eigenvalue weighted by atomic mass is 9.66. The molecule has 0 radical (unpaired) electrons. The minimum atomic E-state index is -0.319. The van der Waals surface area contributed by atoms with Crippen molar-refractivity contribution < 1.29 is 5.11 Å². The van der Waals surface area contributed by atoms with Crippen LogP contribution in [-0.4, -0.2) is 14.9 Å². The molecule has 0 aromatic carbocycles. The summed E-state index contributed by atoms with van der Waals surface area (Å²) in [5.41, 5.74) is 0.981. The molecule has 4 atom stereocenters. The van der Waals surface area contributed by atoms with Crippen molar-refractivity contribution in [2.24, 2.45) is 24.8 Å². The number of aliphatic hydroxyl groups excluding tert-OH is 1. The molecule has 2 fully saturated rings. The standard InChI is InChI=1S/C15H24N2O/c1-17-14(8-9-16-17)15(18)13-7-6-11-4-2-3-5-12(11)10-13/h8-9,11-13,15,18H,2-7,10H2,1H3. The summed E-state index contributed by atoms with van der Waals surface area (Å²) < 4.78 is 1.82. The third kappa shape index (κ3) is 2.20. The van der Waals surface area contributed by atoms with Gasteiger partial charge in [-0.2, -0.15) is 5.10 Å². The molecule has 2 aliphatic rings. The van der Waals surface area contributed by atoms with Crippen LogP contribution in [0.4, 0.5) is 0 Å². The van der Waals surface area contributed by atoms with Gasteiger partial charge in [0, 0.05) is 13.2 Å². The lowest BCUT2D eigenvalue weighted by Crippen LogP contribution is -2.30. The van der Waals surface area contributed by atoms with Crippen LogP contribution in [-0.2, 0) is 7.05 Å². The molecule has 1 aromatic rings. The second kappa shape index (κ2) is 5.04. The van der Waals surface area contributed by atoms with Gasteiger partial charge in [0.05, 0.1) is 11.8 Å². The summed E-state index contributed by atoms with van der Waals surface area (Å²) in [4.78, 5) is 0. The van der Waals surface area contributed by atoms with Crippen LogP contribution in [0.3, 0.4) is 0 Å². The average molecular weight is 248 g/mol. The molecule has 3 nitrogen and oxygen atoms in total. The van der Waals surface area contributed by atoms with E-state index in [4.69, 9.17) is 0 Å². The Morgan fingerprint density at radius 3 is 2.72 bits per heavy atom. The van der Waals surface area contributed by atoms with Gasteiger partial charge < -0.3 is 5.11 Å². The van der Waals surface area contributed by atoms with Gasteiger partial charge in [0.2, 0.25) is 0 Å². The highest BCUT2D eigenvalue weighted by Gasteiger charge is 2.35. The van der Waals surface area contributed by atoms with Crippen LogP contribution in [0.1, 0.15) is 56.7 Å². The molecule has 1 N–H and O–H groups in total. The first-order valence-electron chi connectivity index (χ1n) is 7.41. The smallest absolute Gasteiger partial charge is 0.0984 e. The number of hydrogen-bond acceptors (Lipinski definition) is 2. The zero-order chi connectivity index (χ0) is 12.5. The third-order valence-corrected chi connectivity index (χ3v) is 5.19. The molecule has 0 bridgehead atoms. The van der Waals surface area contributed by atoms with Gasteiger partial charge in [-0.3, -0.25) is 4.68 Å².